The molecular formula is C20H26N4O4. The number of hydrogen-bond acceptors (Lipinski definition) is 6. The maximum absolute atomic E-state index is 12.2. The van der Waals surface area contributed by atoms with E-state index in [9.17, 15) is 4.79 Å². The zero-order chi connectivity index (χ0) is 19.9. The number of amides is 2. The van der Waals surface area contributed by atoms with Crippen LogP contribution in [0.2, 0.25) is 0 Å². The Morgan fingerprint density at radius 1 is 1.14 bits per heavy atom. The van der Waals surface area contributed by atoms with Crippen LogP contribution in [0.1, 0.15) is 17.7 Å². The summed E-state index contributed by atoms with van der Waals surface area (Å²) in [6, 6.07) is 7.17. The van der Waals surface area contributed by atoms with Crippen molar-refractivity contribution in [2.24, 2.45) is 0 Å². The molecule has 1 aromatic carbocycles. The number of nitrogens with zero attached hydrogens (tertiary/aromatic N) is 1. The number of aromatic nitrogens is 1. The Hall–Kier alpha value is -3.16. The van der Waals surface area contributed by atoms with Crippen LogP contribution in [-0.2, 0) is 12.8 Å². The van der Waals surface area contributed by atoms with E-state index in [1.807, 2.05) is 6.07 Å². The highest BCUT2D eigenvalue weighted by Crippen LogP contribution is 2.39. The number of methoxy groups -OCH3 is 3. The second-order valence-corrected chi connectivity index (χ2v) is 6.39. The van der Waals surface area contributed by atoms with Crippen LogP contribution >= 0.6 is 0 Å². The van der Waals surface area contributed by atoms with E-state index in [1.165, 1.54) is 26.9 Å². The summed E-state index contributed by atoms with van der Waals surface area (Å²) >= 11 is 0. The summed E-state index contributed by atoms with van der Waals surface area (Å²) in [6.07, 6.45) is 2.85. The lowest BCUT2D eigenvalue weighted by Crippen LogP contribution is -2.30. The number of fused-ring (bicyclic) bond motifs is 1. The Balaban J connectivity index is 1.56. The fourth-order valence-corrected chi connectivity index (χ4v) is 3.14. The molecule has 0 unspecified atom stereocenters. The van der Waals surface area contributed by atoms with E-state index in [4.69, 9.17) is 14.2 Å². The third kappa shape index (κ3) is 4.57. The number of nitrogens with one attached hydrogen (secondary N) is 3. The smallest absolute Gasteiger partial charge is 0.319 e. The largest absolute Gasteiger partial charge is 0.493 e. The molecule has 8 heteroatoms. The lowest BCUT2D eigenvalue weighted by atomic mass is 10.1. The second-order valence-electron chi connectivity index (χ2n) is 6.39. The molecule has 2 heterocycles. The minimum Gasteiger partial charge on any atom is -0.493 e. The van der Waals surface area contributed by atoms with Gasteiger partial charge in [0.2, 0.25) is 5.75 Å². The number of rotatable bonds is 7. The first-order valence-electron chi connectivity index (χ1n) is 9.22. The van der Waals surface area contributed by atoms with E-state index in [0.29, 0.717) is 35.9 Å². The van der Waals surface area contributed by atoms with Crippen LogP contribution < -0.4 is 30.2 Å². The first-order valence-corrected chi connectivity index (χ1v) is 9.22. The number of pyridine rings is 1. The number of ether oxygens (including phenoxy) is 3. The number of aryl methyl sites for hydroxylation is 1. The van der Waals surface area contributed by atoms with Gasteiger partial charge < -0.3 is 30.2 Å². The molecule has 3 N–H and O–H groups in total. The molecule has 2 amide bonds. The van der Waals surface area contributed by atoms with Gasteiger partial charge in [-0.2, -0.15) is 0 Å². The van der Waals surface area contributed by atoms with Crippen molar-refractivity contribution in [3.8, 4) is 17.2 Å². The molecule has 0 atom stereocenters. The van der Waals surface area contributed by atoms with Crippen molar-refractivity contribution in [3.05, 3.63) is 35.5 Å². The average molecular weight is 386 g/mol. The van der Waals surface area contributed by atoms with Crippen molar-refractivity contribution in [2.45, 2.75) is 19.3 Å². The second kappa shape index (κ2) is 9.16. The summed E-state index contributed by atoms with van der Waals surface area (Å²) in [6.45, 7) is 1.43. The predicted octanol–water partition coefficient (Wildman–Crippen LogP) is 2.83. The van der Waals surface area contributed by atoms with Crippen LogP contribution in [-0.4, -0.2) is 45.4 Å². The van der Waals surface area contributed by atoms with Crippen LogP contribution in [0.5, 0.6) is 17.2 Å². The van der Waals surface area contributed by atoms with E-state index in [1.54, 1.807) is 12.1 Å². The van der Waals surface area contributed by atoms with Gasteiger partial charge in [0.25, 0.3) is 0 Å². The number of hydrogen-bond donors (Lipinski definition) is 3. The van der Waals surface area contributed by atoms with E-state index in [-0.39, 0.29) is 6.03 Å². The minimum atomic E-state index is -0.314. The number of carbonyl (C=O) groups excluding carboxylic acids is 1. The summed E-state index contributed by atoms with van der Waals surface area (Å²) < 4.78 is 15.9. The first kappa shape index (κ1) is 19.6. The highest BCUT2D eigenvalue weighted by Gasteiger charge is 2.14. The van der Waals surface area contributed by atoms with Gasteiger partial charge >= 0.3 is 6.03 Å². The zero-order valence-corrected chi connectivity index (χ0v) is 16.4. The summed E-state index contributed by atoms with van der Waals surface area (Å²) in [4.78, 5) is 16.8. The maximum atomic E-state index is 12.2. The van der Waals surface area contributed by atoms with Crippen LogP contribution in [0.25, 0.3) is 0 Å². The van der Waals surface area contributed by atoms with Gasteiger partial charge in [0, 0.05) is 37.3 Å². The Bertz CT molecular complexity index is 816. The molecule has 1 aromatic heterocycles. The molecule has 3 rings (SSSR count). The minimum absolute atomic E-state index is 0.314. The van der Waals surface area contributed by atoms with Gasteiger partial charge in [0.1, 0.15) is 5.82 Å². The third-order valence-electron chi connectivity index (χ3n) is 4.54. The van der Waals surface area contributed by atoms with Gasteiger partial charge in [-0.15, -0.1) is 0 Å². The Morgan fingerprint density at radius 2 is 1.89 bits per heavy atom. The summed E-state index contributed by atoms with van der Waals surface area (Å²) in [5.41, 5.74) is 2.74. The molecule has 0 spiro atoms. The monoisotopic (exact) mass is 386 g/mol. The predicted molar refractivity (Wildman–Crippen MR) is 108 cm³/mol. The molecule has 28 heavy (non-hydrogen) atoms. The Labute approximate surface area is 164 Å². The fraction of sp³-hybridized carbons (Fsp3) is 0.400. The molecule has 1 aliphatic heterocycles. The van der Waals surface area contributed by atoms with Gasteiger partial charge in [0.15, 0.2) is 11.5 Å². The fourth-order valence-electron chi connectivity index (χ4n) is 3.14. The first-order chi connectivity index (χ1) is 13.6. The molecule has 0 saturated carbocycles. The van der Waals surface area contributed by atoms with Gasteiger partial charge in [-0.05, 0) is 24.5 Å². The molecule has 8 nitrogen and oxygen atoms in total. The zero-order valence-electron chi connectivity index (χ0n) is 16.4. The standard InChI is InChI=1S/C20H26N4O4/c1-26-16-11-15(12-17(27-2)18(16)28-3)24-20(25)22-10-8-14-7-6-13-5-4-9-21-19(13)23-14/h6-7,11-12H,4-5,8-10H2,1-3H3,(H,21,23)(H2,22,24,25). The highest BCUT2D eigenvalue weighted by atomic mass is 16.5. The number of benzene rings is 1. The summed E-state index contributed by atoms with van der Waals surface area (Å²) in [7, 11) is 4.59. The normalized spacial score (nSPS) is 12.4. The van der Waals surface area contributed by atoms with Crippen molar-refractivity contribution in [3.63, 3.8) is 0 Å². The lowest BCUT2D eigenvalue weighted by Gasteiger charge is -2.17. The van der Waals surface area contributed by atoms with E-state index in [0.717, 1.165) is 30.9 Å². The van der Waals surface area contributed by atoms with Crippen LogP contribution in [0.15, 0.2) is 24.3 Å². The number of anilines is 2. The van der Waals surface area contributed by atoms with Crippen LogP contribution in [0, 0.1) is 0 Å². The van der Waals surface area contributed by atoms with Gasteiger partial charge in [-0.25, -0.2) is 9.78 Å². The average Bonchev–Trinajstić information content (AvgIpc) is 2.72. The van der Waals surface area contributed by atoms with Gasteiger partial charge in [0.05, 0.1) is 27.0 Å². The molecule has 0 bridgehead atoms. The molecular weight excluding hydrogens is 360 g/mol. The highest BCUT2D eigenvalue weighted by molar-refractivity contribution is 5.90. The quantitative estimate of drug-likeness (QED) is 0.678. The Kier molecular flexibility index (Phi) is 6.41. The van der Waals surface area contributed by atoms with Gasteiger partial charge in [-0.1, -0.05) is 6.07 Å². The molecule has 2 aromatic rings. The van der Waals surface area contributed by atoms with Crippen LogP contribution in [0.4, 0.5) is 16.3 Å². The van der Waals surface area contributed by atoms with E-state index in [2.05, 4.69) is 27.0 Å². The van der Waals surface area contributed by atoms with Crippen molar-refractivity contribution in [2.75, 3.05) is 45.1 Å². The Morgan fingerprint density at radius 3 is 2.57 bits per heavy atom. The summed E-state index contributed by atoms with van der Waals surface area (Å²) in [5, 5.41) is 8.94. The number of carbonyl (C=O) groups is 1. The van der Waals surface area contributed by atoms with E-state index < -0.39 is 0 Å². The maximum Gasteiger partial charge on any atom is 0.319 e. The van der Waals surface area contributed by atoms with Crippen molar-refractivity contribution < 1.29 is 19.0 Å². The van der Waals surface area contributed by atoms with Crippen molar-refractivity contribution in [1.29, 1.82) is 0 Å². The molecule has 150 valence electrons. The molecule has 0 fully saturated rings. The third-order valence-corrected chi connectivity index (χ3v) is 4.54. The molecule has 0 radical (unpaired) electrons. The van der Waals surface area contributed by atoms with Crippen molar-refractivity contribution in [1.82, 2.24) is 10.3 Å². The topological polar surface area (TPSA) is 93.7 Å². The van der Waals surface area contributed by atoms with Gasteiger partial charge in [-0.3, -0.25) is 0 Å². The lowest BCUT2D eigenvalue weighted by molar-refractivity contribution is 0.252. The van der Waals surface area contributed by atoms with Crippen LogP contribution in [0.3, 0.4) is 0 Å². The molecule has 1 aliphatic rings. The molecule has 0 saturated heterocycles. The summed E-state index contributed by atoms with van der Waals surface area (Å²) in [5.74, 6) is 2.39. The molecule has 0 aliphatic carbocycles. The number of urea groups is 1. The van der Waals surface area contributed by atoms with E-state index >= 15 is 0 Å². The SMILES string of the molecule is COc1cc(NC(=O)NCCc2ccc3c(n2)NCCC3)cc(OC)c1OC. The van der Waals surface area contributed by atoms with Crippen molar-refractivity contribution >= 4 is 17.5 Å².